The molecule has 2 atom stereocenters. The number of likely N-dealkylation sites (tertiary alicyclic amines) is 1. The summed E-state index contributed by atoms with van der Waals surface area (Å²) in [5.41, 5.74) is 0.135. The first kappa shape index (κ1) is 13.3. The zero-order valence-corrected chi connectivity index (χ0v) is 11.4. The lowest BCUT2D eigenvalue weighted by Crippen LogP contribution is -2.54. The van der Waals surface area contributed by atoms with Crippen LogP contribution in [0.15, 0.2) is 30.3 Å². The van der Waals surface area contributed by atoms with Crippen LogP contribution in [0.5, 0.6) is 0 Å². The van der Waals surface area contributed by atoms with E-state index in [2.05, 4.69) is 0 Å². The molecule has 0 aromatic heterocycles. The Labute approximate surface area is 118 Å². The van der Waals surface area contributed by atoms with Gasteiger partial charge in [0.1, 0.15) is 17.4 Å². The monoisotopic (exact) mass is 273 g/mol. The van der Waals surface area contributed by atoms with Crippen LogP contribution in [0, 0.1) is 5.41 Å². The standard InChI is InChI=1S/C16H19NO3/c18-13-7-4-9-16(13)10-8-14(19)17(15(16)20)11-12-5-2-1-3-6-12/h1-3,5-6,14,19H,4,7-11H2. The number of carbonyl (C=O) groups is 2. The second-order valence-corrected chi connectivity index (χ2v) is 5.80. The lowest BCUT2D eigenvalue weighted by Gasteiger charge is -2.41. The van der Waals surface area contributed by atoms with Gasteiger partial charge in [-0.2, -0.15) is 0 Å². The van der Waals surface area contributed by atoms with E-state index < -0.39 is 11.6 Å². The molecular formula is C16H19NO3. The van der Waals surface area contributed by atoms with Crippen molar-refractivity contribution in [2.24, 2.45) is 5.41 Å². The summed E-state index contributed by atoms with van der Waals surface area (Å²) in [6, 6.07) is 9.59. The molecule has 1 aliphatic carbocycles. The second-order valence-electron chi connectivity index (χ2n) is 5.80. The Balaban J connectivity index is 1.85. The Hall–Kier alpha value is -1.68. The van der Waals surface area contributed by atoms with E-state index in [1.54, 1.807) is 0 Å². The quantitative estimate of drug-likeness (QED) is 0.837. The number of aliphatic hydroxyl groups excluding tert-OH is 1. The molecule has 106 valence electrons. The van der Waals surface area contributed by atoms with Crippen LogP contribution in [-0.2, 0) is 16.1 Å². The maximum absolute atomic E-state index is 12.7. The third kappa shape index (κ3) is 2.04. The smallest absolute Gasteiger partial charge is 0.238 e. The van der Waals surface area contributed by atoms with E-state index in [1.807, 2.05) is 30.3 Å². The van der Waals surface area contributed by atoms with Crippen molar-refractivity contribution in [2.75, 3.05) is 0 Å². The van der Waals surface area contributed by atoms with E-state index in [0.717, 1.165) is 12.0 Å². The molecule has 1 saturated heterocycles. The molecule has 2 aliphatic rings. The fourth-order valence-corrected chi connectivity index (χ4v) is 3.43. The Morgan fingerprint density at radius 3 is 2.60 bits per heavy atom. The average molecular weight is 273 g/mol. The van der Waals surface area contributed by atoms with Crippen LogP contribution in [0.25, 0.3) is 0 Å². The van der Waals surface area contributed by atoms with Gasteiger partial charge in [-0.3, -0.25) is 9.59 Å². The summed E-state index contributed by atoms with van der Waals surface area (Å²) in [7, 11) is 0. The number of rotatable bonds is 2. The zero-order valence-electron chi connectivity index (χ0n) is 11.4. The van der Waals surface area contributed by atoms with Crippen molar-refractivity contribution in [1.29, 1.82) is 0 Å². The highest BCUT2D eigenvalue weighted by Crippen LogP contribution is 2.44. The van der Waals surface area contributed by atoms with Gasteiger partial charge in [-0.05, 0) is 31.2 Å². The summed E-state index contributed by atoms with van der Waals surface area (Å²) in [6.45, 7) is 0.371. The molecule has 1 aromatic rings. The van der Waals surface area contributed by atoms with E-state index in [4.69, 9.17) is 0 Å². The van der Waals surface area contributed by atoms with Crippen molar-refractivity contribution in [3.8, 4) is 0 Å². The molecule has 0 radical (unpaired) electrons. The van der Waals surface area contributed by atoms with Gasteiger partial charge in [-0.15, -0.1) is 0 Å². The molecule has 1 aliphatic heterocycles. The fraction of sp³-hybridized carbons (Fsp3) is 0.500. The Bertz CT molecular complexity index is 528. The molecule has 4 nitrogen and oxygen atoms in total. The molecule has 1 heterocycles. The third-order valence-electron chi connectivity index (χ3n) is 4.60. The normalized spacial score (nSPS) is 30.2. The highest BCUT2D eigenvalue weighted by molar-refractivity contribution is 6.07. The van der Waals surface area contributed by atoms with Crippen LogP contribution in [-0.4, -0.2) is 27.9 Å². The molecule has 2 unspecified atom stereocenters. The van der Waals surface area contributed by atoms with Crippen LogP contribution >= 0.6 is 0 Å². The minimum atomic E-state index is -0.839. The molecule has 3 rings (SSSR count). The molecule has 1 N–H and O–H groups in total. The van der Waals surface area contributed by atoms with Crippen molar-refractivity contribution in [3.63, 3.8) is 0 Å². The maximum Gasteiger partial charge on any atom is 0.238 e. The molecule has 1 amide bonds. The van der Waals surface area contributed by atoms with Crippen LogP contribution in [0.3, 0.4) is 0 Å². The van der Waals surface area contributed by atoms with Gasteiger partial charge in [-0.25, -0.2) is 0 Å². The minimum Gasteiger partial charge on any atom is -0.374 e. The molecule has 1 spiro atoms. The molecule has 1 saturated carbocycles. The first-order valence-corrected chi connectivity index (χ1v) is 7.20. The Morgan fingerprint density at radius 2 is 1.95 bits per heavy atom. The van der Waals surface area contributed by atoms with Crippen molar-refractivity contribution < 1.29 is 14.7 Å². The second kappa shape index (κ2) is 5.02. The van der Waals surface area contributed by atoms with Gasteiger partial charge in [0, 0.05) is 13.0 Å². The van der Waals surface area contributed by atoms with Gasteiger partial charge < -0.3 is 10.0 Å². The molecule has 20 heavy (non-hydrogen) atoms. The number of carbonyl (C=O) groups excluding carboxylic acids is 2. The van der Waals surface area contributed by atoms with Gasteiger partial charge in [0.15, 0.2) is 0 Å². The number of piperidine rings is 1. The van der Waals surface area contributed by atoms with E-state index >= 15 is 0 Å². The summed E-state index contributed by atoms with van der Waals surface area (Å²) in [4.78, 5) is 26.3. The number of hydrogen-bond donors (Lipinski definition) is 1. The zero-order chi connectivity index (χ0) is 14.2. The first-order valence-electron chi connectivity index (χ1n) is 7.20. The maximum atomic E-state index is 12.7. The van der Waals surface area contributed by atoms with E-state index in [0.29, 0.717) is 32.2 Å². The average Bonchev–Trinajstić information content (AvgIpc) is 2.83. The summed E-state index contributed by atoms with van der Waals surface area (Å²) in [6.07, 6.45) is 2.15. The minimum absolute atomic E-state index is 0.0625. The lowest BCUT2D eigenvalue weighted by atomic mass is 9.76. The first-order chi connectivity index (χ1) is 9.63. The number of Topliss-reactive ketones (excluding diaryl/α,β-unsaturated/α-hetero) is 1. The fourth-order valence-electron chi connectivity index (χ4n) is 3.43. The number of amides is 1. The number of benzene rings is 1. The molecule has 1 aromatic carbocycles. The highest BCUT2D eigenvalue weighted by Gasteiger charge is 2.53. The molecule has 4 heteroatoms. The molecule has 0 bridgehead atoms. The van der Waals surface area contributed by atoms with Gasteiger partial charge in [0.05, 0.1) is 0 Å². The topological polar surface area (TPSA) is 57.6 Å². The largest absolute Gasteiger partial charge is 0.374 e. The summed E-state index contributed by atoms with van der Waals surface area (Å²) >= 11 is 0. The predicted molar refractivity (Wildman–Crippen MR) is 73.5 cm³/mol. The number of hydrogen-bond acceptors (Lipinski definition) is 3. The summed E-state index contributed by atoms with van der Waals surface area (Å²) < 4.78 is 0. The van der Waals surface area contributed by atoms with Crippen LogP contribution < -0.4 is 0 Å². The van der Waals surface area contributed by atoms with E-state index in [1.165, 1.54) is 4.90 Å². The lowest BCUT2D eigenvalue weighted by molar-refractivity contribution is -0.166. The van der Waals surface area contributed by atoms with Gasteiger partial charge in [0.2, 0.25) is 5.91 Å². The Kier molecular flexibility index (Phi) is 3.34. The van der Waals surface area contributed by atoms with E-state index in [-0.39, 0.29) is 11.7 Å². The SMILES string of the molecule is O=C1CCCC12CCC(O)N(Cc1ccccc1)C2=O. The predicted octanol–water partition coefficient (Wildman–Crippen LogP) is 1.87. The van der Waals surface area contributed by atoms with Gasteiger partial charge in [-0.1, -0.05) is 30.3 Å². The number of aliphatic hydroxyl groups is 1. The van der Waals surface area contributed by atoms with Gasteiger partial charge >= 0.3 is 0 Å². The molecular weight excluding hydrogens is 254 g/mol. The summed E-state index contributed by atoms with van der Waals surface area (Å²) in [5, 5.41) is 10.1. The van der Waals surface area contributed by atoms with Crippen molar-refractivity contribution >= 4 is 11.7 Å². The number of nitrogens with zero attached hydrogens (tertiary/aromatic N) is 1. The van der Waals surface area contributed by atoms with Crippen molar-refractivity contribution in [1.82, 2.24) is 4.90 Å². The highest BCUT2D eigenvalue weighted by atomic mass is 16.3. The van der Waals surface area contributed by atoms with Gasteiger partial charge in [0.25, 0.3) is 0 Å². The number of ketones is 1. The third-order valence-corrected chi connectivity index (χ3v) is 4.60. The van der Waals surface area contributed by atoms with Crippen LogP contribution in [0.2, 0.25) is 0 Å². The van der Waals surface area contributed by atoms with Crippen molar-refractivity contribution in [2.45, 2.75) is 44.9 Å². The van der Waals surface area contributed by atoms with Crippen LogP contribution in [0.1, 0.15) is 37.7 Å². The Morgan fingerprint density at radius 1 is 1.20 bits per heavy atom. The molecule has 2 fully saturated rings. The summed E-state index contributed by atoms with van der Waals surface area (Å²) in [5.74, 6) is -0.116. The van der Waals surface area contributed by atoms with Crippen molar-refractivity contribution in [3.05, 3.63) is 35.9 Å². The van der Waals surface area contributed by atoms with Crippen LogP contribution in [0.4, 0.5) is 0 Å². The van der Waals surface area contributed by atoms with E-state index in [9.17, 15) is 14.7 Å².